The van der Waals surface area contributed by atoms with Gasteiger partial charge in [0, 0.05) is 23.7 Å². The Balaban J connectivity index is 1.77. The molecule has 29 heavy (non-hydrogen) atoms. The summed E-state index contributed by atoms with van der Waals surface area (Å²) in [6.07, 6.45) is 3.53. The van der Waals surface area contributed by atoms with Gasteiger partial charge in [-0.05, 0) is 31.4 Å². The van der Waals surface area contributed by atoms with Gasteiger partial charge in [-0.3, -0.25) is 14.9 Å². The molecule has 9 nitrogen and oxygen atoms in total. The van der Waals surface area contributed by atoms with Crippen LogP contribution in [-0.2, 0) is 6.42 Å². The first kappa shape index (κ1) is 18.9. The number of nitrogens with one attached hydrogen (secondary N) is 1. The molecule has 1 aliphatic carbocycles. The van der Waals surface area contributed by atoms with Crippen molar-refractivity contribution >= 4 is 28.4 Å². The van der Waals surface area contributed by atoms with Gasteiger partial charge in [0.05, 0.1) is 34.4 Å². The summed E-state index contributed by atoms with van der Waals surface area (Å²) in [5.74, 6) is 0.229. The smallest absolute Gasteiger partial charge is 0.271 e. The van der Waals surface area contributed by atoms with Gasteiger partial charge in [-0.25, -0.2) is 4.98 Å². The van der Waals surface area contributed by atoms with E-state index in [9.17, 15) is 14.9 Å². The molecule has 150 valence electrons. The van der Waals surface area contributed by atoms with Gasteiger partial charge in [-0.2, -0.15) is 0 Å². The van der Waals surface area contributed by atoms with Crippen molar-refractivity contribution in [2.75, 3.05) is 12.4 Å². The van der Waals surface area contributed by atoms with Crippen LogP contribution < -0.4 is 10.1 Å². The van der Waals surface area contributed by atoms with Crippen LogP contribution in [0.3, 0.4) is 0 Å². The van der Waals surface area contributed by atoms with Crippen molar-refractivity contribution in [2.24, 2.45) is 0 Å². The van der Waals surface area contributed by atoms with E-state index in [1.807, 2.05) is 6.92 Å². The molecule has 0 atom stereocenters. The van der Waals surface area contributed by atoms with Crippen molar-refractivity contribution in [3.05, 3.63) is 51.3 Å². The predicted molar refractivity (Wildman–Crippen MR) is 105 cm³/mol. The van der Waals surface area contributed by atoms with Crippen LogP contribution >= 0.6 is 0 Å². The number of carbonyl (C=O) groups is 1. The highest BCUT2D eigenvalue weighted by molar-refractivity contribution is 6.13. The number of anilines is 1. The number of nitrogens with zero attached hydrogens (tertiary/aromatic N) is 3. The summed E-state index contributed by atoms with van der Waals surface area (Å²) in [7, 11) is 1.44. The first-order valence-corrected chi connectivity index (χ1v) is 9.44. The lowest BCUT2D eigenvalue weighted by Gasteiger charge is -2.11. The molecule has 1 aliphatic rings. The normalized spacial score (nSPS) is 13.4. The lowest BCUT2D eigenvalue weighted by molar-refractivity contribution is -0.384. The maximum atomic E-state index is 13.2. The minimum Gasteiger partial charge on any atom is -0.495 e. The average molecular weight is 396 g/mol. The van der Waals surface area contributed by atoms with Crippen LogP contribution in [0.15, 0.2) is 28.8 Å². The topological polar surface area (TPSA) is 120 Å². The number of aryl methyl sites for hydroxylation is 1. The summed E-state index contributed by atoms with van der Waals surface area (Å²) < 4.78 is 10.6. The molecular weight excluding hydrogens is 376 g/mol. The van der Waals surface area contributed by atoms with Gasteiger partial charge < -0.3 is 14.6 Å². The molecule has 0 saturated heterocycles. The Labute approximate surface area is 166 Å². The number of amides is 1. The van der Waals surface area contributed by atoms with E-state index in [1.54, 1.807) is 6.07 Å². The number of fused-ring (bicyclic) bond motifs is 1. The van der Waals surface area contributed by atoms with Crippen molar-refractivity contribution in [2.45, 2.75) is 38.5 Å². The van der Waals surface area contributed by atoms with Crippen molar-refractivity contribution in [1.29, 1.82) is 0 Å². The summed E-state index contributed by atoms with van der Waals surface area (Å²) in [5.41, 5.74) is 2.29. The molecule has 9 heteroatoms. The number of benzene rings is 1. The molecule has 1 aromatic carbocycles. The molecule has 1 fully saturated rings. The molecule has 0 unspecified atom stereocenters. The SMILES string of the molecule is CCCc1noc2nc(C3CC3)cc(C(=O)Nc3cc([N+](=O)[O-])ccc3OC)c12. The van der Waals surface area contributed by atoms with Crippen molar-refractivity contribution in [3.63, 3.8) is 0 Å². The zero-order valence-electron chi connectivity index (χ0n) is 16.1. The standard InChI is InChI=1S/C20H20N4O5/c1-3-4-14-18-13(10-15(11-5-6-11)22-20(18)29-23-14)19(25)21-16-9-12(24(26)27)7-8-17(16)28-2/h7-11H,3-6H2,1-2H3,(H,21,25). The number of methoxy groups -OCH3 is 1. The van der Waals surface area contributed by atoms with Gasteiger partial charge in [-0.15, -0.1) is 0 Å². The highest BCUT2D eigenvalue weighted by Crippen LogP contribution is 2.41. The monoisotopic (exact) mass is 396 g/mol. The molecule has 4 rings (SSSR count). The summed E-state index contributed by atoms with van der Waals surface area (Å²) in [6, 6.07) is 5.82. The second kappa shape index (κ2) is 7.50. The second-order valence-corrected chi connectivity index (χ2v) is 7.02. The number of non-ortho nitro benzene ring substituents is 1. The molecule has 3 aromatic rings. The molecule has 0 spiro atoms. The number of rotatable bonds is 7. The zero-order valence-corrected chi connectivity index (χ0v) is 16.1. The van der Waals surface area contributed by atoms with Crippen molar-refractivity contribution in [3.8, 4) is 5.75 Å². The van der Waals surface area contributed by atoms with Gasteiger partial charge >= 0.3 is 0 Å². The maximum Gasteiger partial charge on any atom is 0.271 e. The number of ether oxygens (including phenoxy) is 1. The van der Waals surface area contributed by atoms with E-state index in [0.717, 1.165) is 25.0 Å². The Kier molecular flexibility index (Phi) is 4.87. The molecule has 0 aliphatic heterocycles. The van der Waals surface area contributed by atoms with Crippen molar-refractivity contribution in [1.82, 2.24) is 10.1 Å². The molecular formula is C20H20N4O5. The summed E-state index contributed by atoms with van der Waals surface area (Å²) in [4.78, 5) is 28.3. The van der Waals surface area contributed by atoms with E-state index in [1.165, 1.54) is 25.3 Å². The van der Waals surface area contributed by atoms with E-state index in [0.29, 0.717) is 40.4 Å². The Hall–Kier alpha value is -3.49. The first-order valence-electron chi connectivity index (χ1n) is 9.44. The predicted octanol–water partition coefficient (Wildman–Crippen LogP) is 4.22. The Morgan fingerprint density at radius 2 is 2.17 bits per heavy atom. The van der Waals surface area contributed by atoms with Crippen LogP contribution in [0.4, 0.5) is 11.4 Å². The number of hydrogen-bond acceptors (Lipinski definition) is 7. The fraction of sp³-hybridized carbons (Fsp3) is 0.350. The molecule has 2 heterocycles. The third-order valence-corrected chi connectivity index (χ3v) is 4.91. The second-order valence-electron chi connectivity index (χ2n) is 7.02. The van der Waals surface area contributed by atoms with Crippen LogP contribution in [0.25, 0.3) is 11.1 Å². The van der Waals surface area contributed by atoms with Gasteiger partial charge in [0.15, 0.2) is 0 Å². The Morgan fingerprint density at radius 1 is 1.38 bits per heavy atom. The minimum absolute atomic E-state index is 0.142. The van der Waals surface area contributed by atoms with Crippen LogP contribution in [0.2, 0.25) is 0 Å². The van der Waals surface area contributed by atoms with Crippen molar-refractivity contribution < 1.29 is 19.0 Å². The maximum absolute atomic E-state index is 13.2. The molecule has 0 radical (unpaired) electrons. The fourth-order valence-electron chi connectivity index (χ4n) is 3.30. The molecule has 1 saturated carbocycles. The molecule has 2 aromatic heterocycles. The molecule has 1 amide bonds. The van der Waals surface area contributed by atoms with E-state index in [-0.39, 0.29) is 11.4 Å². The Bertz CT molecular complexity index is 1100. The van der Waals surface area contributed by atoms with E-state index in [2.05, 4.69) is 15.5 Å². The van der Waals surface area contributed by atoms with Gasteiger partial charge in [0.25, 0.3) is 17.3 Å². The highest BCUT2D eigenvalue weighted by Gasteiger charge is 2.29. The molecule has 1 N–H and O–H groups in total. The third kappa shape index (κ3) is 3.63. The number of nitro groups is 1. The van der Waals surface area contributed by atoms with E-state index < -0.39 is 10.8 Å². The van der Waals surface area contributed by atoms with E-state index >= 15 is 0 Å². The summed E-state index contributed by atoms with van der Waals surface area (Å²) >= 11 is 0. The van der Waals surface area contributed by atoms with Gasteiger partial charge in [0.2, 0.25) is 0 Å². The van der Waals surface area contributed by atoms with Crippen LogP contribution in [-0.4, -0.2) is 28.1 Å². The highest BCUT2D eigenvalue weighted by atomic mass is 16.6. The minimum atomic E-state index is -0.524. The largest absolute Gasteiger partial charge is 0.495 e. The van der Waals surface area contributed by atoms with Crippen LogP contribution in [0.1, 0.15) is 53.8 Å². The summed E-state index contributed by atoms with van der Waals surface area (Å²) in [5, 5.41) is 18.5. The van der Waals surface area contributed by atoms with Crippen LogP contribution in [0, 0.1) is 10.1 Å². The number of carbonyl (C=O) groups excluding carboxylic acids is 1. The van der Waals surface area contributed by atoms with Crippen LogP contribution in [0.5, 0.6) is 5.75 Å². The van der Waals surface area contributed by atoms with Gasteiger partial charge in [0.1, 0.15) is 5.75 Å². The number of pyridine rings is 1. The summed E-state index contributed by atoms with van der Waals surface area (Å²) in [6.45, 7) is 2.01. The Morgan fingerprint density at radius 3 is 2.83 bits per heavy atom. The number of aromatic nitrogens is 2. The molecule has 0 bridgehead atoms. The van der Waals surface area contributed by atoms with Gasteiger partial charge in [-0.1, -0.05) is 18.5 Å². The first-order chi connectivity index (χ1) is 14.0. The number of hydrogen-bond donors (Lipinski definition) is 1. The lowest BCUT2D eigenvalue weighted by Crippen LogP contribution is -2.14. The third-order valence-electron chi connectivity index (χ3n) is 4.91. The quantitative estimate of drug-likeness (QED) is 0.469. The van der Waals surface area contributed by atoms with E-state index in [4.69, 9.17) is 9.26 Å². The zero-order chi connectivity index (χ0) is 20.5. The average Bonchev–Trinajstić information content (AvgIpc) is 3.49. The lowest BCUT2D eigenvalue weighted by atomic mass is 10.0. The number of nitro benzene ring substituents is 1. The fourth-order valence-corrected chi connectivity index (χ4v) is 3.30.